The highest BCUT2D eigenvalue weighted by atomic mass is 16.2. The van der Waals surface area contributed by atoms with Crippen molar-refractivity contribution in [3.05, 3.63) is 29.3 Å². The molecule has 4 nitrogen and oxygen atoms in total. The molecule has 0 radical (unpaired) electrons. The summed E-state index contributed by atoms with van der Waals surface area (Å²) in [4.78, 5) is 23.9. The predicted octanol–water partition coefficient (Wildman–Crippen LogP) is 3.57. The fourth-order valence-electron chi connectivity index (χ4n) is 2.33. The first kappa shape index (κ1) is 18.2. The maximum Gasteiger partial charge on any atom is 0.313 e. The van der Waals surface area contributed by atoms with Crippen molar-refractivity contribution in [3.8, 4) is 0 Å². The van der Waals surface area contributed by atoms with Crippen LogP contribution in [0, 0.1) is 19.8 Å². The lowest BCUT2D eigenvalue weighted by atomic mass is 9.99. The normalized spacial score (nSPS) is 11.8. The monoisotopic (exact) mass is 304 g/mol. The highest BCUT2D eigenvalue weighted by Gasteiger charge is 2.16. The van der Waals surface area contributed by atoms with Gasteiger partial charge in [0.15, 0.2) is 0 Å². The van der Waals surface area contributed by atoms with E-state index in [2.05, 4.69) is 24.5 Å². The predicted molar refractivity (Wildman–Crippen MR) is 90.9 cm³/mol. The molecule has 0 saturated carbocycles. The zero-order chi connectivity index (χ0) is 16.5. The summed E-state index contributed by atoms with van der Waals surface area (Å²) in [5, 5.41) is 5.43. The lowest BCUT2D eigenvalue weighted by molar-refractivity contribution is -0.136. The average Bonchev–Trinajstić information content (AvgIpc) is 2.51. The van der Waals surface area contributed by atoms with E-state index in [0.29, 0.717) is 18.2 Å². The molecule has 2 amide bonds. The molecular formula is C18H28N2O2. The van der Waals surface area contributed by atoms with Crippen LogP contribution in [-0.4, -0.2) is 18.4 Å². The first-order chi connectivity index (χ1) is 10.5. The van der Waals surface area contributed by atoms with E-state index in [0.717, 1.165) is 36.8 Å². The van der Waals surface area contributed by atoms with Gasteiger partial charge < -0.3 is 10.6 Å². The number of anilines is 1. The van der Waals surface area contributed by atoms with Crippen LogP contribution in [-0.2, 0) is 9.59 Å². The molecule has 0 saturated heterocycles. The number of aryl methyl sites for hydroxylation is 1. The molecule has 1 aromatic carbocycles. The molecule has 1 atom stereocenters. The number of amides is 2. The van der Waals surface area contributed by atoms with E-state index in [9.17, 15) is 9.59 Å². The number of carbonyl (C=O) groups is 2. The van der Waals surface area contributed by atoms with Crippen molar-refractivity contribution in [1.29, 1.82) is 0 Å². The minimum absolute atomic E-state index is 0.442. The molecule has 0 heterocycles. The standard InChI is InChI=1S/C18H28N2O2/c1-5-7-10-15(6-2)12-19-17(21)18(22)20-16-11-8-9-13(3)14(16)4/h8-9,11,15H,5-7,10,12H2,1-4H3,(H,19,21)(H,20,22). The van der Waals surface area contributed by atoms with E-state index in [1.54, 1.807) is 0 Å². The van der Waals surface area contributed by atoms with Crippen molar-refractivity contribution in [2.45, 2.75) is 53.4 Å². The van der Waals surface area contributed by atoms with Gasteiger partial charge in [0, 0.05) is 12.2 Å². The summed E-state index contributed by atoms with van der Waals surface area (Å²) in [5.41, 5.74) is 2.76. The molecule has 122 valence electrons. The highest BCUT2D eigenvalue weighted by Crippen LogP contribution is 2.17. The quantitative estimate of drug-likeness (QED) is 0.757. The molecule has 0 fully saturated rings. The molecule has 0 aliphatic heterocycles. The molecule has 1 rings (SSSR count). The summed E-state index contributed by atoms with van der Waals surface area (Å²) in [6.45, 7) is 8.74. The van der Waals surface area contributed by atoms with Crippen LogP contribution in [0.1, 0.15) is 50.7 Å². The minimum atomic E-state index is -0.598. The van der Waals surface area contributed by atoms with Crippen LogP contribution in [0.5, 0.6) is 0 Å². The molecule has 0 aliphatic rings. The van der Waals surface area contributed by atoms with Crippen molar-refractivity contribution < 1.29 is 9.59 Å². The Hall–Kier alpha value is -1.84. The van der Waals surface area contributed by atoms with Gasteiger partial charge in [-0.1, -0.05) is 45.2 Å². The molecule has 0 bridgehead atoms. The third-order valence-electron chi connectivity index (χ3n) is 4.15. The molecular weight excluding hydrogens is 276 g/mol. The summed E-state index contributed by atoms with van der Waals surface area (Å²) in [5.74, 6) is -0.715. The molecule has 1 unspecified atom stereocenters. The van der Waals surface area contributed by atoms with Crippen LogP contribution >= 0.6 is 0 Å². The van der Waals surface area contributed by atoms with Gasteiger partial charge in [-0.3, -0.25) is 9.59 Å². The number of hydrogen-bond acceptors (Lipinski definition) is 2. The zero-order valence-corrected chi connectivity index (χ0v) is 14.2. The Kier molecular flexibility index (Phi) is 7.64. The maximum atomic E-state index is 12.0. The lowest BCUT2D eigenvalue weighted by Gasteiger charge is -2.15. The molecule has 1 aromatic rings. The lowest BCUT2D eigenvalue weighted by Crippen LogP contribution is -2.38. The van der Waals surface area contributed by atoms with Crippen LogP contribution in [0.15, 0.2) is 18.2 Å². The molecule has 0 spiro atoms. The first-order valence-electron chi connectivity index (χ1n) is 8.14. The summed E-state index contributed by atoms with van der Waals surface area (Å²) in [6, 6.07) is 5.65. The van der Waals surface area contributed by atoms with E-state index in [-0.39, 0.29) is 0 Å². The molecule has 0 aliphatic carbocycles. The van der Waals surface area contributed by atoms with Gasteiger partial charge in [0.2, 0.25) is 0 Å². The average molecular weight is 304 g/mol. The number of unbranched alkanes of at least 4 members (excludes halogenated alkanes) is 1. The first-order valence-corrected chi connectivity index (χ1v) is 8.14. The van der Waals surface area contributed by atoms with Crippen molar-refractivity contribution in [1.82, 2.24) is 5.32 Å². The Balaban J connectivity index is 2.51. The Bertz CT molecular complexity index is 512. The molecule has 22 heavy (non-hydrogen) atoms. The van der Waals surface area contributed by atoms with Gasteiger partial charge in [0.05, 0.1) is 0 Å². The van der Waals surface area contributed by atoms with Crippen LogP contribution in [0.4, 0.5) is 5.69 Å². The third-order valence-corrected chi connectivity index (χ3v) is 4.15. The number of carbonyl (C=O) groups excluding carboxylic acids is 2. The SMILES string of the molecule is CCCCC(CC)CNC(=O)C(=O)Nc1cccc(C)c1C. The van der Waals surface area contributed by atoms with E-state index >= 15 is 0 Å². The van der Waals surface area contributed by atoms with Crippen LogP contribution < -0.4 is 10.6 Å². The highest BCUT2D eigenvalue weighted by molar-refractivity contribution is 6.39. The Morgan fingerprint density at radius 1 is 1.14 bits per heavy atom. The van der Waals surface area contributed by atoms with Crippen molar-refractivity contribution >= 4 is 17.5 Å². The van der Waals surface area contributed by atoms with Crippen LogP contribution in [0.2, 0.25) is 0 Å². The van der Waals surface area contributed by atoms with Crippen molar-refractivity contribution in [2.75, 3.05) is 11.9 Å². The number of benzene rings is 1. The van der Waals surface area contributed by atoms with Gasteiger partial charge in [0.25, 0.3) is 0 Å². The maximum absolute atomic E-state index is 12.0. The third kappa shape index (κ3) is 5.51. The molecule has 0 aromatic heterocycles. The minimum Gasteiger partial charge on any atom is -0.348 e. The van der Waals surface area contributed by atoms with Crippen LogP contribution in [0.25, 0.3) is 0 Å². The number of nitrogens with one attached hydrogen (secondary N) is 2. The fraction of sp³-hybridized carbons (Fsp3) is 0.556. The smallest absolute Gasteiger partial charge is 0.313 e. The van der Waals surface area contributed by atoms with Gasteiger partial charge in [-0.25, -0.2) is 0 Å². The fourth-order valence-corrected chi connectivity index (χ4v) is 2.33. The topological polar surface area (TPSA) is 58.2 Å². The Morgan fingerprint density at radius 3 is 2.50 bits per heavy atom. The van der Waals surface area contributed by atoms with Crippen LogP contribution in [0.3, 0.4) is 0 Å². The van der Waals surface area contributed by atoms with E-state index in [4.69, 9.17) is 0 Å². The molecule has 4 heteroatoms. The van der Waals surface area contributed by atoms with Gasteiger partial charge in [-0.05, 0) is 43.4 Å². The Labute approximate surface area is 133 Å². The Morgan fingerprint density at radius 2 is 1.86 bits per heavy atom. The largest absolute Gasteiger partial charge is 0.348 e. The summed E-state index contributed by atoms with van der Waals surface area (Å²) in [6.07, 6.45) is 4.41. The zero-order valence-electron chi connectivity index (χ0n) is 14.2. The second-order valence-electron chi connectivity index (χ2n) is 5.83. The second kappa shape index (κ2) is 9.23. The number of hydrogen-bond donors (Lipinski definition) is 2. The second-order valence-corrected chi connectivity index (χ2v) is 5.83. The molecule has 2 N–H and O–H groups in total. The van der Waals surface area contributed by atoms with Crippen molar-refractivity contribution in [2.24, 2.45) is 5.92 Å². The summed E-state index contributed by atoms with van der Waals surface area (Å²) < 4.78 is 0. The van der Waals surface area contributed by atoms with Gasteiger partial charge >= 0.3 is 11.8 Å². The van der Waals surface area contributed by atoms with E-state index in [1.165, 1.54) is 0 Å². The van der Waals surface area contributed by atoms with Gasteiger partial charge in [-0.2, -0.15) is 0 Å². The summed E-state index contributed by atoms with van der Waals surface area (Å²) in [7, 11) is 0. The van der Waals surface area contributed by atoms with Gasteiger partial charge in [-0.15, -0.1) is 0 Å². The van der Waals surface area contributed by atoms with Crippen molar-refractivity contribution in [3.63, 3.8) is 0 Å². The van der Waals surface area contributed by atoms with Gasteiger partial charge in [0.1, 0.15) is 0 Å². The number of rotatable bonds is 7. The van der Waals surface area contributed by atoms with E-state index < -0.39 is 11.8 Å². The van der Waals surface area contributed by atoms with E-state index in [1.807, 2.05) is 32.0 Å². The summed E-state index contributed by atoms with van der Waals surface area (Å²) >= 11 is 0.